The Labute approximate surface area is 87.2 Å². The number of nitrogens with zero attached hydrogens (tertiary/aromatic N) is 1. The van der Waals surface area contributed by atoms with Gasteiger partial charge in [0.15, 0.2) is 0 Å². The fraction of sp³-hybridized carbons (Fsp3) is 0.333. The van der Waals surface area contributed by atoms with E-state index in [1.807, 2.05) is 0 Å². The Morgan fingerprint density at radius 3 is 2.73 bits per heavy atom. The van der Waals surface area contributed by atoms with Crippen LogP contribution in [0.25, 0.3) is 0 Å². The van der Waals surface area contributed by atoms with Gasteiger partial charge in [0, 0.05) is 26.8 Å². The minimum atomic E-state index is -0.0817. The Bertz CT molecular complexity index is 224. The van der Waals surface area contributed by atoms with Gasteiger partial charge in [0.1, 0.15) is 0 Å². The molecule has 3 atom stereocenters. The molecule has 11 heavy (non-hydrogen) atoms. The van der Waals surface area contributed by atoms with Crippen LogP contribution in [0.1, 0.15) is 18.0 Å². The molecule has 1 rings (SSSR count). The second kappa shape index (κ2) is 5.72. The maximum absolute atomic E-state index is 4.35. The van der Waals surface area contributed by atoms with Crippen LogP contribution >= 0.6 is 24.1 Å². The van der Waals surface area contributed by atoms with Crippen molar-refractivity contribution in [2.75, 3.05) is 0 Å². The van der Waals surface area contributed by atoms with E-state index in [4.69, 9.17) is 0 Å². The zero-order valence-electron chi connectivity index (χ0n) is 6.37. The van der Waals surface area contributed by atoms with Gasteiger partial charge in [-0.15, -0.1) is 16.2 Å². The third-order valence-electron chi connectivity index (χ3n) is 1.33. The standard InChI is InChI=1S/C6H11NP3.W/c1-3-6-4-10(9-8)5(2)7-6;/h4,9H,2-3,8H2,1H3;/q-1;. The van der Waals surface area contributed by atoms with Gasteiger partial charge in [-0.2, -0.15) is 0 Å². The molecule has 3 unspecified atom stereocenters. The second-order valence-electron chi connectivity index (χ2n) is 2.00. The van der Waals surface area contributed by atoms with Crippen LogP contribution in [0.15, 0.2) is 5.80 Å². The van der Waals surface area contributed by atoms with Crippen LogP contribution in [-0.4, -0.2) is 4.98 Å². The number of aromatic nitrogens is 1. The van der Waals surface area contributed by atoms with Crippen molar-refractivity contribution in [2.24, 2.45) is 0 Å². The zero-order chi connectivity index (χ0) is 7.56. The number of aryl methyl sites for hydroxylation is 1. The van der Waals surface area contributed by atoms with Gasteiger partial charge in [-0.3, -0.25) is 4.98 Å². The largest absolute Gasteiger partial charge is 0.352 e. The topological polar surface area (TPSA) is 12.9 Å². The van der Waals surface area contributed by atoms with Gasteiger partial charge in [-0.1, -0.05) is 20.3 Å². The predicted octanol–water partition coefficient (Wildman–Crippen LogP) is 3.04. The molecule has 0 spiro atoms. The predicted molar refractivity (Wildman–Crippen MR) is 54.2 cm³/mol. The maximum Gasteiger partial charge on any atom is 0.0419 e. The summed E-state index contributed by atoms with van der Waals surface area (Å²) >= 11 is 0. The van der Waals surface area contributed by atoms with Gasteiger partial charge in [-0.25, -0.2) is 0 Å². The average molecular weight is 374 g/mol. The summed E-state index contributed by atoms with van der Waals surface area (Å²) in [6.45, 7) is 6.04. The molecule has 0 saturated carbocycles. The summed E-state index contributed by atoms with van der Waals surface area (Å²) in [5.74, 6) is 2.28. The van der Waals surface area contributed by atoms with E-state index in [1.54, 1.807) is 0 Å². The van der Waals surface area contributed by atoms with Crippen molar-refractivity contribution in [1.29, 1.82) is 0 Å². The zero-order valence-corrected chi connectivity index (χ0v) is 12.4. The van der Waals surface area contributed by atoms with E-state index in [-0.39, 0.29) is 28.3 Å². The van der Waals surface area contributed by atoms with Crippen LogP contribution in [-0.2, 0) is 27.5 Å². The molecular formula is C6H11NP3W-. The number of hydrogen-bond donors (Lipinski definition) is 0. The molecule has 0 amide bonds. The Morgan fingerprint density at radius 2 is 2.45 bits per heavy atom. The summed E-state index contributed by atoms with van der Waals surface area (Å²) in [6.07, 6.45) is 1.05. The van der Waals surface area contributed by atoms with Gasteiger partial charge in [0.05, 0.1) is 0 Å². The normalized spacial score (nSPS) is 12.0. The fourth-order valence-corrected chi connectivity index (χ4v) is 5.18. The van der Waals surface area contributed by atoms with Gasteiger partial charge in [0.25, 0.3) is 0 Å². The van der Waals surface area contributed by atoms with Crippen molar-refractivity contribution in [1.82, 2.24) is 4.98 Å². The molecule has 0 aliphatic rings. The quantitative estimate of drug-likeness (QED) is 0.573. The summed E-state index contributed by atoms with van der Waals surface area (Å²) < 4.78 is 0. The van der Waals surface area contributed by atoms with E-state index in [1.165, 1.54) is 5.69 Å². The van der Waals surface area contributed by atoms with E-state index in [9.17, 15) is 0 Å². The van der Waals surface area contributed by atoms with E-state index >= 15 is 0 Å². The molecule has 0 saturated heterocycles. The van der Waals surface area contributed by atoms with Crippen LogP contribution < -0.4 is 0 Å². The van der Waals surface area contributed by atoms with Crippen LogP contribution in [0, 0.1) is 6.92 Å². The van der Waals surface area contributed by atoms with Crippen molar-refractivity contribution in [3.8, 4) is 0 Å². The first-order valence-electron chi connectivity index (χ1n) is 3.14. The summed E-state index contributed by atoms with van der Waals surface area (Å²) in [5.41, 5.74) is 2.33. The molecule has 0 aromatic carbocycles. The number of hydrogen-bond acceptors (Lipinski definition) is 1. The van der Waals surface area contributed by atoms with E-state index in [2.05, 4.69) is 33.6 Å². The van der Waals surface area contributed by atoms with Crippen molar-refractivity contribution in [3.63, 3.8) is 0 Å². The Hall–Kier alpha value is 1.13. The van der Waals surface area contributed by atoms with Crippen LogP contribution in [0.2, 0.25) is 0 Å². The number of rotatable bonds is 2. The minimum absolute atomic E-state index is 0. The molecule has 62 valence electrons. The summed E-state index contributed by atoms with van der Waals surface area (Å²) in [4.78, 5) is 4.35. The monoisotopic (exact) mass is 374 g/mol. The van der Waals surface area contributed by atoms with Gasteiger partial charge in [-0.05, 0) is 12.2 Å². The summed E-state index contributed by atoms with van der Waals surface area (Å²) in [5, 5.41) is 0. The Balaban J connectivity index is 0.000001000. The van der Waals surface area contributed by atoms with Crippen LogP contribution in [0.3, 0.4) is 0 Å². The molecule has 0 radical (unpaired) electrons. The van der Waals surface area contributed by atoms with Gasteiger partial charge >= 0.3 is 0 Å². The molecule has 0 bridgehead atoms. The molecule has 1 nitrogen and oxygen atoms in total. The van der Waals surface area contributed by atoms with E-state index in [0.717, 1.165) is 19.8 Å². The van der Waals surface area contributed by atoms with Crippen LogP contribution in [0.5, 0.6) is 0 Å². The van der Waals surface area contributed by atoms with Crippen molar-refractivity contribution in [3.05, 3.63) is 23.8 Å². The second-order valence-corrected chi connectivity index (χ2v) is 8.32. The Kier molecular flexibility index (Phi) is 6.31. The molecule has 0 N–H and O–H groups in total. The molecule has 1 aromatic heterocycles. The Morgan fingerprint density at radius 1 is 1.82 bits per heavy atom. The van der Waals surface area contributed by atoms with E-state index in [0.29, 0.717) is 0 Å². The molecular weight excluding hydrogens is 363 g/mol. The third-order valence-corrected chi connectivity index (χ3v) is 7.32. The van der Waals surface area contributed by atoms with Crippen LogP contribution in [0.4, 0.5) is 0 Å². The first-order chi connectivity index (χ1) is 4.77. The molecule has 5 heteroatoms. The third kappa shape index (κ3) is 3.16. The summed E-state index contributed by atoms with van der Waals surface area (Å²) in [7, 11) is 3.59. The van der Waals surface area contributed by atoms with Crippen molar-refractivity contribution < 1.29 is 21.1 Å². The van der Waals surface area contributed by atoms with Gasteiger partial charge in [0.2, 0.25) is 0 Å². The van der Waals surface area contributed by atoms with E-state index < -0.39 is 0 Å². The molecule has 1 heterocycles. The SMILES string of the molecule is [CH2-]c1nc(CC)cp1PP.[W]. The minimum Gasteiger partial charge on any atom is -0.352 e. The first-order valence-corrected chi connectivity index (χ1v) is 8.21. The average Bonchev–Trinajstić information content (AvgIpc) is 2.30. The molecule has 1 aromatic rings. The molecule has 0 aliphatic carbocycles. The van der Waals surface area contributed by atoms with Gasteiger partial charge < -0.3 is 6.92 Å². The molecule has 0 aliphatic heterocycles. The first kappa shape index (κ1) is 12.1. The molecule has 0 fully saturated rings. The smallest absolute Gasteiger partial charge is 0.0419 e. The fourth-order valence-electron chi connectivity index (χ4n) is 0.754. The van der Waals surface area contributed by atoms with Crippen molar-refractivity contribution in [2.45, 2.75) is 13.3 Å². The van der Waals surface area contributed by atoms with Crippen molar-refractivity contribution >= 4 is 24.1 Å². The maximum atomic E-state index is 4.35. The summed E-state index contributed by atoms with van der Waals surface area (Å²) in [6, 6.07) is 0.